The number of halogens is 2. The van der Waals surface area contributed by atoms with Crippen molar-refractivity contribution < 1.29 is 12.8 Å². The van der Waals surface area contributed by atoms with E-state index in [1.807, 2.05) is 0 Å². The first-order chi connectivity index (χ1) is 9.36. The van der Waals surface area contributed by atoms with Gasteiger partial charge in [0.05, 0.1) is 0 Å². The van der Waals surface area contributed by atoms with Gasteiger partial charge in [0.1, 0.15) is 10.7 Å². The molecule has 2 rings (SSSR count). The smallest absolute Gasteiger partial charge is 0.246 e. The van der Waals surface area contributed by atoms with Crippen LogP contribution in [-0.2, 0) is 10.0 Å². The second-order valence-electron chi connectivity index (χ2n) is 5.21. The van der Waals surface area contributed by atoms with Crippen molar-refractivity contribution in [3.8, 4) is 0 Å². The molecule has 20 heavy (non-hydrogen) atoms. The number of nitrogens with zero attached hydrogens (tertiary/aromatic N) is 1. The van der Waals surface area contributed by atoms with E-state index < -0.39 is 15.8 Å². The Labute approximate surface area is 127 Å². The molecule has 112 valence electrons. The molecule has 1 aliphatic rings. The predicted molar refractivity (Wildman–Crippen MR) is 79.2 cm³/mol. The van der Waals surface area contributed by atoms with Gasteiger partial charge in [-0.15, -0.1) is 0 Å². The number of nitrogens with two attached hydrogens (primary N) is 1. The maximum absolute atomic E-state index is 13.9. The molecule has 2 N–H and O–H groups in total. The van der Waals surface area contributed by atoms with Gasteiger partial charge in [0, 0.05) is 23.6 Å². The third kappa shape index (κ3) is 3.05. The average Bonchev–Trinajstić information content (AvgIpc) is 2.37. The van der Waals surface area contributed by atoms with E-state index in [2.05, 4.69) is 22.9 Å². The van der Waals surface area contributed by atoms with Crippen molar-refractivity contribution in [1.29, 1.82) is 0 Å². The van der Waals surface area contributed by atoms with Crippen molar-refractivity contribution in [3.05, 3.63) is 28.5 Å². The van der Waals surface area contributed by atoms with Crippen molar-refractivity contribution in [3.63, 3.8) is 0 Å². The summed E-state index contributed by atoms with van der Waals surface area (Å²) >= 11 is 3.12. The van der Waals surface area contributed by atoms with Gasteiger partial charge < -0.3 is 5.73 Å². The van der Waals surface area contributed by atoms with Gasteiger partial charge >= 0.3 is 0 Å². The molecule has 1 aliphatic heterocycles. The Morgan fingerprint density at radius 2 is 2.20 bits per heavy atom. The summed E-state index contributed by atoms with van der Waals surface area (Å²) in [4.78, 5) is -0.284. The van der Waals surface area contributed by atoms with Crippen LogP contribution in [0.1, 0.15) is 19.8 Å². The lowest BCUT2D eigenvalue weighted by Crippen LogP contribution is -2.49. The molecule has 1 aromatic carbocycles. The quantitative estimate of drug-likeness (QED) is 0.894. The zero-order valence-corrected chi connectivity index (χ0v) is 13.6. The molecule has 7 heteroatoms. The first-order valence-corrected chi connectivity index (χ1v) is 8.76. The monoisotopic (exact) mass is 364 g/mol. The van der Waals surface area contributed by atoms with Gasteiger partial charge in [-0.3, -0.25) is 0 Å². The molecule has 0 saturated carbocycles. The SMILES string of the molecule is CC1CCN(S(=O)(=O)c2ccc(Br)cc2F)C(CN)C1. The molecule has 0 radical (unpaired) electrons. The third-order valence-corrected chi connectivity index (χ3v) is 6.15. The van der Waals surface area contributed by atoms with Crippen LogP contribution in [0.15, 0.2) is 27.6 Å². The summed E-state index contributed by atoms with van der Waals surface area (Å²) in [7, 11) is -3.84. The average molecular weight is 365 g/mol. The van der Waals surface area contributed by atoms with Gasteiger partial charge in [-0.25, -0.2) is 12.8 Å². The lowest BCUT2D eigenvalue weighted by Gasteiger charge is -2.36. The Morgan fingerprint density at radius 1 is 1.50 bits per heavy atom. The van der Waals surface area contributed by atoms with Crippen molar-refractivity contribution >= 4 is 26.0 Å². The lowest BCUT2D eigenvalue weighted by atomic mass is 9.94. The van der Waals surface area contributed by atoms with Crippen molar-refractivity contribution in [2.45, 2.75) is 30.7 Å². The second kappa shape index (κ2) is 6.09. The first kappa shape index (κ1) is 15.9. The van der Waals surface area contributed by atoms with Crippen LogP contribution in [0.5, 0.6) is 0 Å². The Hall–Kier alpha value is -0.500. The fourth-order valence-corrected chi connectivity index (χ4v) is 4.61. The largest absolute Gasteiger partial charge is 0.329 e. The summed E-state index contributed by atoms with van der Waals surface area (Å²) in [5, 5.41) is 0. The van der Waals surface area contributed by atoms with Crippen LogP contribution in [0.2, 0.25) is 0 Å². The maximum Gasteiger partial charge on any atom is 0.246 e. The Morgan fingerprint density at radius 3 is 2.80 bits per heavy atom. The summed E-state index contributed by atoms with van der Waals surface area (Å²) in [6.07, 6.45) is 1.49. The highest BCUT2D eigenvalue weighted by Gasteiger charge is 2.36. The van der Waals surface area contributed by atoms with Crippen LogP contribution in [0.25, 0.3) is 0 Å². The summed E-state index contributed by atoms with van der Waals surface area (Å²) in [5.74, 6) is -0.307. The molecule has 2 unspecified atom stereocenters. The molecule has 1 aromatic rings. The Balaban J connectivity index is 2.38. The molecule has 0 amide bonds. The van der Waals surface area contributed by atoms with Crippen molar-refractivity contribution in [1.82, 2.24) is 4.31 Å². The van der Waals surface area contributed by atoms with Crippen molar-refractivity contribution in [2.24, 2.45) is 11.7 Å². The van der Waals surface area contributed by atoms with Crippen LogP contribution >= 0.6 is 15.9 Å². The van der Waals surface area contributed by atoms with Gasteiger partial charge in [-0.1, -0.05) is 22.9 Å². The number of hydrogen-bond donors (Lipinski definition) is 1. The van der Waals surface area contributed by atoms with Crippen LogP contribution in [0.4, 0.5) is 4.39 Å². The van der Waals surface area contributed by atoms with Crippen LogP contribution in [-0.4, -0.2) is 31.9 Å². The van der Waals surface area contributed by atoms with E-state index in [-0.39, 0.29) is 17.5 Å². The molecule has 0 spiro atoms. The van der Waals surface area contributed by atoms with Crippen LogP contribution < -0.4 is 5.73 Å². The molecule has 4 nitrogen and oxygen atoms in total. The molecule has 0 bridgehead atoms. The van der Waals surface area contributed by atoms with E-state index in [1.165, 1.54) is 16.4 Å². The van der Waals surface area contributed by atoms with Crippen LogP contribution in [0.3, 0.4) is 0 Å². The number of sulfonamides is 1. The van der Waals surface area contributed by atoms with Gasteiger partial charge in [0.15, 0.2) is 0 Å². The van der Waals surface area contributed by atoms with E-state index in [0.717, 1.165) is 12.5 Å². The second-order valence-corrected chi connectivity index (χ2v) is 7.98. The minimum absolute atomic E-state index is 0.252. The highest BCUT2D eigenvalue weighted by atomic mass is 79.9. The predicted octanol–water partition coefficient (Wildman–Crippen LogP) is 2.34. The summed E-state index contributed by atoms with van der Waals surface area (Å²) in [5.41, 5.74) is 5.69. The third-order valence-electron chi connectivity index (χ3n) is 3.68. The first-order valence-electron chi connectivity index (χ1n) is 6.53. The molecule has 1 fully saturated rings. The molecular formula is C13H18BrFN2O2S. The Kier molecular flexibility index (Phi) is 4.84. The summed E-state index contributed by atoms with van der Waals surface area (Å²) < 4.78 is 41.0. The van der Waals surface area contributed by atoms with Gasteiger partial charge in [-0.05, 0) is 37.0 Å². The topological polar surface area (TPSA) is 63.4 Å². The van der Waals surface area contributed by atoms with E-state index in [0.29, 0.717) is 23.4 Å². The number of hydrogen-bond acceptors (Lipinski definition) is 3. The Bertz CT molecular complexity index is 594. The molecule has 1 saturated heterocycles. The normalized spacial score (nSPS) is 24.8. The number of piperidine rings is 1. The minimum atomic E-state index is -3.84. The fraction of sp³-hybridized carbons (Fsp3) is 0.538. The van der Waals surface area contributed by atoms with E-state index >= 15 is 0 Å². The number of rotatable bonds is 3. The lowest BCUT2D eigenvalue weighted by molar-refractivity contribution is 0.210. The van der Waals surface area contributed by atoms with Gasteiger partial charge in [0.25, 0.3) is 0 Å². The van der Waals surface area contributed by atoms with Crippen LogP contribution in [0, 0.1) is 11.7 Å². The molecular weight excluding hydrogens is 347 g/mol. The van der Waals surface area contributed by atoms with Gasteiger partial charge in [-0.2, -0.15) is 4.31 Å². The van der Waals surface area contributed by atoms with E-state index in [9.17, 15) is 12.8 Å². The minimum Gasteiger partial charge on any atom is -0.329 e. The highest BCUT2D eigenvalue weighted by molar-refractivity contribution is 9.10. The van der Waals surface area contributed by atoms with E-state index in [4.69, 9.17) is 5.73 Å². The zero-order chi connectivity index (χ0) is 14.9. The summed E-state index contributed by atoms with van der Waals surface area (Å²) in [6.45, 7) is 2.72. The van der Waals surface area contributed by atoms with E-state index in [1.54, 1.807) is 0 Å². The van der Waals surface area contributed by atoms with Gasteiger partial charge in [0.2, 0.25) is 10.0 Å². The highest BCUT2D eigenvalue weighted by Crippen LogP contribution is 2.29. The fourth-order valence-electron chi connectivity index (χ4n) is 2.57. The zero-order valence-electron chi connectivity index (χ0n) is 11.2. The maximum atomic E-state index is 13.9. The molecule has 0 aromatic heterocycles. The molecule has 1 heterocycles. The summed E-state index contributed by atoms with van der Waals surface area (Å²) in [6, 6.07) is 3.73. The molecule has 2 atom stereocenters. The van der Waals surface area contributed by atoms with Crippen molar-refractivity contribution in [2.75, 3.05) is 13.1 Å². The standard InChI is InChI=1S/C13H18BrFN2O2S/c1-9-4-5-17(11(6-9)8-16)20(18,19)13-3-2-10(14)7-12(13)15/h2-3,7,9,11H,4-6,8,16H2,1H3. The molecule has 0 aliphatic carbocycles. The number of benzene rings is 1.